The monoisotopic (exact) mass is 402 g/mol. The molecule has 0 spiro atoms. The van der Waals surface area contributed by atoms with E-state index in [4.69, 9.17) is 4.74 Å². The predicted octanol–water partition coefficient (Wildman–Crippen LogP) is 2.60. The van der Waals surface area contributed by atoms with Crippen LogP contribution in [0, 0.1) is 0 Å². The number of hydrogen-bond acceptors (Lipinski definition) is 4. The molecule has 1 N–H and O–H groups in total. The van der Waals surface area contributed by atoms with Gasteiger partial charge < -0.3 is 9.64 Å². The number of carbonyl (C=O) groups is 1. The fourth-order valence-corrected chi connectivity index (χ4v) is 4.01. The van der Waals surface area contributed by atoms with Gasteiger partial charge in [-0.3, -0.25) is 4.79 Å². The summed E-state index contributed by atoms with van der Waals surface area (Å²) in [6.07, 6.45) is 2.75. The molecular weight excluding hydrogens is 376 g/mol. The SMILES string of the molecule is CN(CCOc1ccccc1)C(=O)CCc1ccc(S(=O)(=O)NC2CC2)cc1. The molecule has 1 aliphatic rings. The average Bonchev–Trinajstić information content (AvgIpc) is 3.50. The lowest BCUT2D eigenvalue weighted by Crippen LogP contribution is -2.31. The van der Waals surface area contributed by atoms with Crippen LogP contribution in [-0.4, -0.2) is 45.5 Å². The van der Waals surface area contributed by atoms with Crippen molar-refractivity contribution in [3.63, 3.8) is 0 Å². The van der Waals surface area contributed by atoms with E-state index < -0.39 is 10.0 Å². The van der Waals surface area contributed by atoms with E-state index in [1.165, 1.54) is 0 Å². The van der Waals surface area contributed by atoms with Crippen LogP contribution in [0.4, 0.5) is 0 Å². The van der Waals surface area contributed by atoms with Crippen LogP contribution in [-0.2, 0) is 21.2 Å². The lowest BCUT2D eigenvalue weighted by Gasteiger charge is -2.17. The third kappa shape index (κ3) is 6.07. The summed E-state index contributed by atoms with van der Waals surface area (Å²) in [6.45, 7) is 0.949. The average molecular weight is 403 g/mol. The molecule has 0 bridgehead atoms. The molecule has 7 heteroatoms. The van der Waals surface area contributed by atoms with Gasteiger partial charge in [-0.25, -0.2) is 13.1 Å². The van der Waals surface area contributed by atoms with Crippen molar-refractivity contribution in [3.05, 3.63) is 60.2 Å². The van der Waals surface area contributed by atoms with E-state index in [1.807, 2.05) is 30.3 Å². The molecular formula is C21H26N2O4S. The first-order chi connectivity index (χ1) is 13.4. The van der Waals surface area contributed by atoms with Crippen molar-refractivity contribution in [1.82, 2.24) is 9.62 Å². The fourth-order valence-electron chi connectivity index (χ4n) is 2.71. The van der Waals surface area contributed by atoms with Crippen molar-refractivity contribution in [2.75, 3.05) is 20.2 Å². The molecule has 0 saturated heterocycles. The first kappa shape index (κ1) is 20.4. The van der Waals surface area contributed by atoms with E-state index in [0.29, 0.717) is 26.0 Å². The molecule has 28 heavy (non-hydrogen) atoms. The highest BCUT2D eigenvalue weighted by Gasteiger charge is 2.27. The number of para-hydroxylation sites is 1. The Hall–Kier alpha value is -2.38. The summed E-state index contributed by atoms with van der Waals surface area (Å²) >= 11 is 0. The molecule has 0 heterocycles. The molecule has 0 radical (unpaired) electrons. The Labute approximate surface area is 166 Å². The quantitative estimate of drug-likeness (QED) is 0.663. The summed E-state index contributed by atoms with van der Waals surface area (Å²) < 4.78 is 32.6. The standard InChI is InChI=1S/C21H26N2O4S/c1-23(15-16-27-19-5-3-2-4-6-19)21(24)14-9-17-7-12-20(13-8-17)28(25,26)22-18-10-11-18/h2-8,12-13,18,22H,9-11,14-16H2,1H3. The number of nitrogens with one attached hydrogen (secondary N) is 1. The van der Waals surface area contributed by atoms with Crippen LogP contribution in [0.1, 0.15) is 24.8 Å². The molecule has 6 nitrogen and oxygen atoms in total. The van der Waals surface area contributed by atoms with Crippen molar-refractivity contribution in [2.45, 2.75) is 36.6 Å². The molecule has 1 fully saturated rings. The minimum Gasteiger partial charge on any atom is -0.492 e. The Morgan fingerprint density at radius 1 is 1.11 bits per heavy atom. The number of ether oxygens (including phenoxy) is 1. The van der Waals surface area contributed by atoms with Gasteiger partial charge >= 0.3 is 0 Å². The number of benzene rings is 2. The summed E-state index contributed by atoms with van der Waals surface area (Å²) in [5, 5.41) is 0. The van der Waals surface area contributed by atoms with Crippen LogP contribution in [0.2, 0.25) is 0 Å². The molecule has 3 rings (SSSR count). The summed E-state index contributed by atoms with van der Waals surface area (Å²) in [4.78, 5) is 14.2. The second-order valence-corrected chi connectivity index (χ2v) is 8.73. The second kappa shape index (κ2) is 9.21. The molecule has 0 atom stereocenters. The second-order valence-electron chi connectivity index (χ2n) is 7.02. The van der Waals surface area contributed by atoms with Gasteiger partial charge in [0.1, 0.15) is 12.4 Å². The number of amides is 1. The van der Waals surface area contributed by atoms with Crippen molar-refractivity contribution in [1.29, 1.82) is 0 Å². The van der Waals surface area contributed by atoms with Crippen LogP contribution >= 0.6 is 0 Å². The summed E-state index contributed by atoms with van der Waals surface area (Å²) in [5.41, 5.74) is 0.938. The van der Waals surface area contributed by atoms with Gasteiger partial charge in [-0.1, -0.05) is 30.3 Å². The highest BCUT2D eigenvalue weighted by atomic mass is 32.2. The van der Waals surface area contributed by atoms with E-state index >= 15 is 0 Å². The van der Waals surface area contributed by atoms with Gasteiger partial charge in [0.05, 0.1) is 11.4 Å². The van der Waals surface area contributed by atoms with Crippen molar-refractivity contribution < 1.29 is 17.9 Å². The van der Waals surface area contributed by atoms with Crippen LogP contribution in [0.3, 0.4) is 0 Å². The zero-order valence-electron chi connectivity index (χ0n) is 16.0. The number of rotatable bonds is 10. The zero-order chi connectivity index (χ0) is 20.0. The first-order valence-corrected chi connectivity index (χ1v) is 11.0. The maximum absolute atomic E-state index is 12.3. The van der Waals surface area contributed by atoms with Gasteiger partial charge in [-0.2, -0.15) is 0 Å². The minimum atomic E-state index is -3.43. The molecule has 0 aliphatic heterocycles. The lowest BCUT2D eigenvalue weighted by molar-refractivity contribution is -0.130. The number of likely N-dealkylation sites (N-methyl/N-ethyl adjacent to an activating group) is 1. The Bertz CT molecular complexity index is 878. The largest absolute Gasteiger partial charge is 0.492 e. The van der Waals surface area contributed by atoms with Crippen molar-refractivity contribution in [3.8, 4) is 5.75 Å². The van der Waals surface area contributed by atoms with E-state index in [2.05, 4.69) is 4.72 Å². The van der Waals surface area contributed by atoms with Crippen molar-refractivity contribution in [2.24, 2.45) is 0 Å². The molecule has 2 aromatic carbocycles. The van der Waals surface area contributed by atoms with E-state index in [-0.39, 0.29) is 16.8 Å². The number of carbonyl (C=O) groups excluding carboxylic acids is 1. The van der Waals surface area contributed by atoms with Crippen LogP contribution in [0.25, 0.3) is 0 Å². The van der Waals surface area contributed by atoms with Gasteiger partial charge in [0.2, 0.25) is 15.9 Å². The van der Waals surface area contributed by atoms with Gasteiger partial charge in [-0.05, 0) is 49.1 Å². The van der Waals surface area contributed by atoms with E-state index in [1.54, 1.807) is 36.2 Å². The Balaban J connectivity index is 1.42. The zero-order valence-corrected chi connectivity index (χ0v) is 16.8. The maximum Gasteiger partial charge on any atom is 0.240 e. The molecule has 1 amide bonds. The van der Waals surface area contributed by atoms with Gasteiger partial charge in [-0.15, -0.1) is 0 Å². The highest BCUT2D eigenvalue weighted by molar-refractivity contribution is 7.89. The van der Waals surface area contributed by atoms with Crippen LogP contribution in [0.15, 0.2) is 59.5 Å². The maximum atomic E-state index is 12.3. The molecule has 0 aromatic heterocycles. The molecule has 2 aromatic rings. The number of hydrogen-bond donors (Lipinski definition) is 1. The summed E-state index contributed by atoms with van der Waals surface area (Å²) in [6, 6.07) is 16.3. The predicted molar refractivity (Wildman–Crippen MR) is 108 cm³/mol. The Morgan fingerprint density at radius 3 is 2.43 bits per heavy atom. The Kier molecular flexibility index (Phi) is 6.70. The molecule has 1 aliphatic carbocycles. The Morgan fingerprint density at radius 2 is 1.79 bits per heavy atom. The van der Waals surface area contributed by atoms with Gasteiger partial charge in [0, 0.05) is 19.5 Å². The minimum absolute atomic E-state index is 0.0313. The fraction of sp³-hybridized carbons (Fsp3) is 0.381. The molecule has 150 valence electrons. The van der Waals surface area contributed by atoms with Gasteiger partial charge in [0.15, 0.2) is 0 Å². The topological polar surface area (TPSA) is 75.7 Å². The normalized spacial score (nSPS) is 13.9. The summed E-state index contributed by atoms with van der Waals surface area (Å²) in [5.74, 6) is 0.818. The van der Waals surface area contributed by atoms with Crippen molar-refractivity contribution >= 4 is 15.9 Å². The van der Waals surface area contributed by atoms with Crippen LogP contribution < -0.4 is 9.46 Å². The van der Waals surface area contributed by atoms with E-state index in [0.717, 1.165) is 24.2 Å². The first-order valence-electron chi connectivity index (χ1n) is 9.47. The molecule has 0 unspecified atom stereocenters. The van der Waals surface area contributed by atoms with Gasteiger partial charge in [0.25, 0.3) is 0 Å². The third-order valence-corrected chi connectivity index (χ3v) is 6.16. The smallest absolute Gasteiger partial charge is 0.240 e. The highest BCUT2D eigenvalue weighted by Crippen LogP contribution is 2.22. The number of sulfonamides is 1. The summed E-state index contributed by atoms with van der Waals surface area (Å²) in [7, 11) is -1.67. The lowest BCUT2D eigenvalue weighted by atomic mass is 10.1. The van der Waals surface area contributed by atoms with Crippen LogP contribution in [0.5, 0.6) is 5.75 Å². The third-order valence-electron chi connectivity index (χ3n) is 4.62. The number of aryl methyl sites for hydroxylation is 1. The molecule has 1 saturated carbocycles. The number of nitrogens with zero attached hydrogens (tertiary/aromatic N) is 1. The van der Waals surface area contributed by atoms with E-state index in [9.17, 15) is 13.2 Å².